The number of hydrogen-bond donors (Lipinski definition) is 2. The van der Waals surface area contributed by atoms with Gasteiger partial charge in [0.2, 0.25) is 11.8 Å². The van der Waals surface area contributed by atoms with Gasteiger partial charge >= 0.3 is 7.12 Å². The molecule has 2 saturated heterocycles. The molecule has 2 N–H and O–H groups in total. The van der Waals surface area contributed by atoms with Gasteiger partial charge in [-0.1, -0.05) is 55.8 Å². The van der Waals surface area contributed by atoms with E-state index in [1.54, 1.807) is 30.5 Å². The molecule has 3 aromatic rings. The fraction of sp³-hybridized carbons (Fsp3) is 0.324. The van der Waals surface area contributed by atoms with E-state index in [0.29, 0.717) is 31.3 Å². The summed E-state index contributed by atoms with van der Waals surface area (Å²) in [4.78, 5) is 33.5. The van der Waals surface area contributed by atoms with E-state index in [1.807, 2.05) is 48.5 Å². The summed E-state index contributed by atoms with van der Waals surface area (Å²) in [5.41, 5.74) is 5.63. The van der Waals surface area contributed by atoms with Crippen molar-refractivity contribution in [1.29, 1.82) is 0 Å². The monoisotopic (exact) mass is 562 g/mol. The molecule has 6 rings (SSSR count). The quantitative estimate of drug-likeness (QED) is 0.216. The van der Waals surface area contributed by atoms with Gasteiger partial charge in [0.1, 0.15) is 5.75 Å². The van der Waals surface area contributed by atoms with Crippen molar-refractivity contribution in [3.05, 3.63) is 101 Å². The molecule has 2 fully saturated rings. The van der Waals surface area contributed by atoms with Crippen LogP contribution in [0.5, 0.6) is 5.75 Å². The summed E-state index contributed by atoms with van der Waals surface area (Å²) in [6.07, 6.45) is 5.45. The van der Waals surface area contributed by atoms with E-state index in [2.05, 4.69) is 24.9 Å². The highest BCUT2D eigenvalue weighted by atomic mass is 16.5. The number of phenols is 1. The number of carbonyl (C=O) groups excluding carboxylic acids is 2. The van der Waals surface area contributed by atoms with E-state index in [4.69, 9.17) is 4.65 Å². The summed E-state index contributed by atoms with van der Waals surface area (Å²) in [6.45, 7) is 4.25. The number of imide groups is 1. The first-order chi connectivity index (χ1) is 20.3. The molecule has 0 saturated carbocycles. The van der Waals surface area contributed by atoms with Crippen LogP contribution in [0.4, 0.5) is 5.69 Å². The van der Waals surface area contributed by atoms with E-state index in [-0.39, 0.29) is 29.4 Å². The van der Waals surface area contributed by atoms with Gasteiger partial charge < -0.3 is 14.8 Å². The highest BCUT2D eigenvalue weighted by molar-refractivity contribution is 6.43. The van der Waals surface area contributed by atoms with E-state index in [9.17, 15) is 19.7 Å². The number of aromatic hydroxyl groups is 1. The molecule has 2 aromatic carbocycles. The van der Waals surface area contributed by atoms with Crippen molar-refractivity contribution in [3.63, 3.8) is 0 Å². The molecule has 2 amide bonds. The van der Waals surface area contributed by atoms with Crippen LogP contribution in [0.1, 0.15) is 44.4 Å². The predicted molar refractivity (Wildman–Crippen MR) is 163 cm³/mol. The maximum absolute atomic E-state index is 13.9. The molecule has 7 nitrogen and oxygen atoms in total. The Kier molecular flexibility index (Phi) is 7.84. The highest BCUT2D eigenvalue weighted by Gasteiger charge is 2.57. The number of carbonyl (C=O) groups is 2. The number of rotatable bonds is 7. The minimum Gasteiger partial charge on any atom is -0.508 e. The van der Waals surface area contributed by atoms with Crippen molar-refractivity contribution in [3.8, 4) is 5.75 Å². The number of allylic oxidation sites excluding steroid dienone is 2. The minimum atomic E-state index is -1.02. The number of fused-ring (bicyclic) bond motifs is 3. The third-order valence-corrected chi connectivity index (χ3v) is 8.86. The molecule has 0 bridgehead atoms. The zero-order valence-electron chi connectivity index (χ0n) is 23.9. The molecular weight excluding hydrogens is 527 g/mol. The lowest BCUT2D eigenvalue weighted by atomic mass is 9.57. The fourth-order valence-electron chi connectivity index (χ4n) is 6.97. The summed E-state index contributed by atoms with van der Waals surface area (Å²) < 4.78 is 6.22. The molecule has 214 valence electrons. The first-order valence-electron chi connectivity index (χ1n) is 14.7. The Bertz CT molecular complexity index is 1520. The normalized spacial score (nSPS) is 24.3. The van der Waals surface area contributed by atoms with Crippen LogP contribution >= 0.6 is 0 Å². The smallest absolute Gasteiger partial charge is 0.455 e. The Morgan fingerprint density at radius 3 is 2.45 bits per heavy atom. The van der Waals surface area contributed by atoms with Gasteiger partial charge in [-0.25, -0.2) is 0 Å². The average Bonchev–Trinajstić information content (AvgIpc) is 3.25. The van der Waals surface area contributed by atoms with Crippen molar-refractivity contribution in [1.82, 2.24) is 4.98 Å². The summed E-state index contributed by atoms with van der Waals surface area (Å²) in [5, 5.41) is 20.7. The standard InChI is InChI=1S/C34H35BN2O5/c1-21(2)26-19-27-32(34(40)37(33(27)39)24-8-4-3-5-9-24)28-20-35(41)42-30(31(26)28)16-13-23(29-10-6-7-17-36-29)18-22-11-14-25(38)15-12-22/h3-12,14-15,17-18,21,27-28,30,32,38,41H,13,16,19-20H2,1-2H3/b23-18-/t27-,28+,30-,32-/m1/s1. The maximum Gasteiger partial charge on any atom is 0.455 e. The number of para-hydroxylation sites is 1. The molecule has 1 aromatic heterocycles. The van der Waals surface area contributed by atoms with E-state index >= 15 is 0 Å². The zero-order valence-corrected chi connectivity index (χ0v) is 23.9. The topological polar surface area (TPSA) is 100.0 Å². The number of hydrogen-bond acceptors (Lipinski definition) is 6. The summed E-state index contributed by atoms with van der Waals surface area (Å²) in [7, 11) is -1.02. The number of nitrogens with zero attached hydrogens (tertiary/aromatic N) is 2. The van der Waals surface area contributed by atoms with Gasteiger partial charge in [0.25, 0.3) is 0 Å². The lowest BCUT2D eigenvalue weighted by Crippen LogP contribution is -2.46. The Hall–Kier alpha value is -4.01. The third kappa shape index (κ3) is 5.32. The number of phenolic OH excluding ortho intramolecular Hbond substituents is 1. The number of anilines is 1. The Labute approximate surface area is 246 Å². The second-order valence-electron chi connectivity index (χ2n) is 11.8. The van der Waals surface area contributed by atoms with Gasteiger partial charge in [-0.15, -0.1) is 0 Å². The van der Waals surface area contributed by atoms with Gasteiger partial charge in [-0.2, -0.15) is 0 Å². The molecule has 8 heteroatoms. The van der Waals surface area contributed by atoms with Gasteiger partial charge in [-0.05, 0) is 96.6 Å². The van der Waals surface area contributed by atoms with Crippen LogP contribution in [0.25, 0.3) is 11.6 Å². The minimum absolute atomic E-state index is 0.153. The van der Waals surface area contributed by atoms with E-state index in [0.717, 1.165) is 28.0 Å². The van der Waals surface area contributed by atoms with Crippen molar-refractivity contribution in [2.24, 2.45) is 23.7 Å². The van der Waals surface area contributed by atoms with Gasteiger partial charge in [0.15, 0.2) is 0 Å². The average molecular weight is 562 g/mol. The van der Waals surface area contributed by atoms with Crippen LogP contribution in [0, 0.1) is 23.7 Å². The molecule has 0 unspecified atom stereocenters. The van der Waals surface area contributed by atoms with Crippen LogP contribution < -0.4 is 4.90 Å². The lowest BCUT2D eigenvalue weighted by molar-refractivity contribution is -0.122. The van der Waals surface area contributed by atoms with Crippen molar-refractivity contribution >= 4 is 36.3 Å². The molecule has 4 atom stereocenters. The number of amides is 2. The largest absolute Gasteiger partial charge is 0.508 e. The van der Waals surface area contributed by atoms with Crippen molar-refractivity contribution in [2.75, 3.05) is 4.90 Å². The molecule has 3 aliphatic rings. The summed E-state index contributed by atoms with van der Waals surface area (Å²) in [5.74, 6) is -1.18. The number of benzene rings is 2. The first kappa shape index (κ1) is 28.1. The van der Waals surface area contributed by atoms with Crippen LogP contribution in [0.3, 0.4) is 0 Å². The molecule has 1 aliphatic carbocycles. The van der Waals surface area contributed by atoms with Crippen molar-refractivity contribution < 1.29 is 24.4 Å². The zero-order chi connectivity index (χ0) is 29.4. The third-order valence-electron chi connectivity index (χ3n) is 8.86. The number of pyridine rings is 1. The molecule has 2 aliphatic heterocycles. The molecule has 0 spiro atoms. The summed E-state index contributed by atoms with van der Waals surface area (Å²) in [6, 6.07) is 22.0. The Balaban J connectivity index is 1.33. The predicted octanol–water partition coefficient (Wildman–Crippen LogP) is 5.77. The summed E-state index contributed by atoms with van der Waals surface area (Å²) >= 11 is 0. The van der Waals surface area contributed by atoms with Crippen LogP contribution in [0.2, 0.25) is 6.32 Å². The van der Waals surface area contributed by atoms with Gasteiger partial charge in [-0.3, -0.25) is 19.5 Å². The van der Waals surface area contributed by atoms with Crippen LogP contribution in [-0.2, 0) is 14.2 Å². The lowest BCUT2D eigenvalue weighted by Gasteiger charge is -2.44. The van der Waals surface area contributed by atoms with Gasteiger partial charge in [0, 0.05) is 6.20 Å². The highest BCUT2D eigenvalue weighted by Crippen LogP contribution is 2.52. The first-order valence-corrected chi connectivity index (χ1v) is 14.7. The second-order valence-corrected chi connectivity index (χ2v) is 11.8. The van der Waals surface area contributed by atoms with Crippen molar-refractivity contribution in [2.45, 2.75) is 45.5 Å². The number of aromatic nitrogens is 1. The van der Waals surface area contributed by atoms with Crippen LogP contribution in [0.15, 0.2) is 90.1 Å². The molecular formula is C34H35BN2O5. The Morgan fingerprint density at radius 2 is 1.76 bits per heavy atom. The Morgan fingerprint density at radius 1 is 1.02 bits per heavy atom. The maximum atomic E-state index is 13.9. The fourth-order valence-corrected chi connectivity index (χ4v) is 6.97. The molecule has 3 heterocycles. The van der Waals surface area contributed by atoms with Crippen LogP contribution in [-0.4, -0.2) is 40.2 Å². The molecule has 42 heavy (non-hydrogen) atoms. The van der Waals surface area contributed by atoms with E-state index < -0.39 is 25.1 Å². The van der Waals surface area contributed by atoms with Gasteiger partial charge in [0.05, 0.1) is 29.3 Å². The second kappa shape index (κ2) is 11.7. The van der Waals surface area contributed by atoms with E-state index in [1.165, 1.54) is 4.90 Å². The SMILES string of the molecule is CC(C)C1=C2[C@@H](CC/C(=C/c3ccc(O)cc3)c3ccccn3)OB(O)C[C@@H]2[C@@H]2C(=O)N(c3ccccc3)C(=O)[C@@H]2C1. The molecule has 0 radical (unpaired) electrons.